The topological polar surface area (TPSA) is 3.24 Å². The fourth-order valence-electron chi connectivity index (χ4n) is 3.07. The second-order valence-electron chi connectivity index (χ2n) is 5.13. The van der Waals surface area contributed by atoms with E-state index in [1.54, 1.807) is 5.57 Å². The second kappa shape index (κ2) is 4.06. The molecule has 0 N–H and O–H groups in total. The Balaban J connectivity index is 2.04. The molecule has 1 heteroatoms. The van der Waals surface area contributed by atoms with E-state index >= 15 is 0 Å². The Labute approximate surface area is 88.2 Å². The van der Waals surface area contributed by atoms with Gasteiger partial charge in [0.15, 0.2) is 0 Å². The van der Waals surface area contributed by atoms with Crippen molar-refractivity contribution < 1.29 is 0 Å². The average molecular weight is 193 g/mol. The third kappa shape index (κ3) is 1.75. The van der Waals surface area contributed by atoms with Gasteiger partial charge in [0, 0.05) is 13.1 Å². The molecule has 0 aromatic carbocycles. The van der Waals surface area contributed by atoms with Gasteiger partial charge in [-0.05, 0) is 38.1 Å². The van der Waals surface area contributed by atoms with E-state index in [0.717, 1.165) is 0 Å². The van der Waals surface area contributed by atoms with Crippen molar-refractivity contribution in [1.29, 1.82) is 0 Å². The van der Waals surface area contributed by atoms with Gasteiger partial charge in [0.25, 0.3) is 0 Å². The first-order chi connectivity index (χ1) is 6.77. The van der Waals surface area contributed by atoms with Gasteiger partial charge in [0.1, 0.15) is 0 Å². The summed E-state index contributed by atoms with van der Waals surface area (Å²) in [4.78, 5) is 2.42. The van der Waals surface area contributed by atoms with Crippen LogP contribution in [-0.2, 0) is 0 Å². The first kappa shape index (κ1) is 10.2. The summed E-state index contributed by atoms with van der Waals surface area (Å²) in [6.45, 7) is 4.79. The molecule has 80 valence electrons. The van der Waals surface area contributed by atoms with E-state index in [4.69, 9.17) is 0 Å². The second-order valence-corrected chi connectivity index (χ2v) is 5.13. The molecule has 1 saturated carbocycles. The van der Waals surface area contributed by atoms with Crippen molar-refractivity contribution in [3.8, 4) is 0 Å². The fraction of sp³-hybridized carbons (Fsp3) is 0.846. The van der Waals surface area contributed by atoms with Crippen molar-refractivity contribution in [2.75, 3.05) is 20.1 Å². The lowest BCUT2D eigenvalue weighted by Crippen LogP contribution is -2.36. The third-order valence-corrected chi connectivity index (χ3v) is 4.13. The van der Waals surface area contributed by atoms with Crippen LogP contribution in [0.3, 0.4) is 0 Å². The first-order valence-corrected chi connectivity index (χ1v) is 6.15. The van der Waals surface area contributed by atoms with Gasteiger partial charge >= 0.3 is 0 Å². The van der Waals surface area contributed by atoms with Crippen LogP contribution in [0.1, 0.15) is 45.4 Å². The van der Waals surface area contributed by atoms with Crippen LogP contribution in [0.25, 0.3) is 0 Å². The van der Waals surface area contributed by atoms with Crippen LogP contribution in [0.5, 0.6) is 0 Å². The van der Waals surface area contributed by atoms with E-state index in [0.29, 0.717) is 5.41 Å². The van der Waals surface area contributed by atoms with Crippen LogP contribution in [0.4, 0.5) is 0 Å². The van der Waals surface area contributed by atoms with Gasteiger partial charge in [0.2, 0.25) is 0 Å². The van der Waals surface area contributed by atoms with Crippen LogP contribution in [0, 0.1) is 5.41 Å². The number of likely N-dealkylation sites (N-methyl/N-ethyl adjacent to an activating group) is 1. The third-order valence-electron chi connectivity index (χ3n) is 4.13. The maximum absolute atomic E-state index is 2.51. The number of hydrogen-bond donors (Lipinski definition) is 0. The number of hydrogen-bond acceptors (Lipinski definition) is 1. The van der Waals surface area contributed by atoms with Gasteiger partial charge in [-0.2, -0.15) is 0 Å². The van der Waals surface area contributed by atoms with Gasteiger partial charge in [-0.25, -0.2) is 0 Å². The van der Waals surface area contributed by atoms with E-state index < -0.39 is 0 Å². The molecule has 0 atom stereocenters. The molecule has 2 rings (SSSR count). The maximum atomic E-state index is 2.51. The minimum Gasteiger partial charge on any atom is -0.302 e. The summed E-state index contributed by atoms with van der Waals surface area (Å²) in [5.41, 5.74) is 2.46. The molecule has 1 aliphatic heterocycles. The van der Waals surface area contributed by atoms with Crippen LogP contribution < -0.4 is 0 Å². The zero-order chi connectivity index (χ0) is 10.0. The quantitative estimate of drug-likeness (QED) is 0.622. The minimum absolute atomic E-state index is 0.663. The lowest BCUT2D eigenvalue weighted by atomic mass is 9.60. The molecule has 0 spiro atoms. The summed E-state index contributed by atoms with van der Waals surface area (Å²) in [5, 5.41) is 0. The molecule has 1 aliphatic carbocycles. The Morgan fingerprint density at radius 3 is 2.64 bits per heavy atom. The molecular weight excluding hydrogens is 170 g/mol. The highest BCUT2D eigenvalue weighted by molar-refractivity contribution is 5.20. The highest BCUT2D eigenvalue weighted by atomic mass is 15.1. The minimum atomic E-state index is 0.663. The van der Waals surface area contributed by atoms with Crippen molar-refractivity contribution in [3.63, 3.8) is 0 Å². The summed E-state index contributed by atoms with van der Waals surface area (Å²) in [7, 11) is 2.22. The van der Waals surface area contributed by atoms with E-state index in [2.05, 4.69) is 24.9 Å². The Morgan fingerprint density at radius 2 is 2.21 bits per heavy atom. The molecular formula is C13H23N. The Hall–Kier alpha value is -0.300. The fourth-order valence-corrected chi connectivity index (χ4v) is 3.07. The summed E-state index contributed by atoms with van der Waals surface area (Å²) in [5.74, 6) is 0. The molecule has 2 aliphatic rings. The Morgan fingerprint density at radius 1 is 1.43 bits per heavy atom. The largest absolute Gasteiger partial charge is 0.302 e. The smallest absolute Gasteiger partial charge is 0.0163 e. The van der Waals surface area contributed by atoms with Gasteiger partial charge < -0.3 is 4.90 Å². The first-order valence-electron chi connectivity index (χ1n) is 6.15. The van der Waals surface area contributed by atoms with Gasteiger partial charge in [-0.15, -0.1) is 0 Å². The zero-order valence-electron chi connectivity index (χ0n) is 9.68. The van der Waals surface area contributed by atoms with Crippen LogP contribution in [-0.4, -0.2) is 25.0 Å². The van der Waals surface area contributed by atoms with Crippen LogP contribution >= 0.6 is 0 Å². The summed E-state index contributed by atoms with van der Waals surface area (Å²) >= 11 is 0. The zero-order valence-corrected chi connectivity index (χ0v) is 9.68. The lowest BCUT2D eigenvalue weighted by molar-refractivity contribution is 0.153. The maximum Gasteiger partial charge on any atom is 0.0163 e. The number of nitrogens with zero attached hydrogens (tertiary/aromatic N) is 1. The lowest BCUT2D eigenvalue weighted by Gasteiger charge is -2.46. The van der Waals surface area contributed by atoms with Crippen molar-refractivity contribution in [3.05, 3.63) is 11.6 Å². The van der Waals surface area contributed by atoms with Crippen molar-refractivity contribution in [2.24, 2.45) is 5.41 Å². The van der Waals surface area contributed by atoms with Crippen LogP contribution in [0.2, 0.25) is 0 Å². The molecule has 0 unspecified atom stereocenters. The van der Waals surface area contributed by atoms with Gasteiger partial charge in [-0.3, -0.25) is 0 Å². The highest BCUT2D eigenvalue weighted by Gasteiger charge is 2.39. The van der Waals surface area contributed by atoms with Crippen molar-refractivity contribution in [2.45, 2.75) is 45.4 Å². The molecule has 0 aromatic rings. The van der Waals surface area contributed by atoms with Crippen molar-refractivity contribution >= 4 is 0 Å². The SMILES string of the molecule is CCCC1(C2=CCN(C)CC2)CCC1. The predicted octanol–water partition coefficient (Wildman–Crippen LogP) is 3.22. The van der Waals surface area contributed by atoms with Crippen molar-refractivity contribution in [1.82, 2.24) is 4.90 Å². The van der Waals surface area contributed by atoms with E-state index in [-0.39, 0.29) is 0 Å². The molecule has 1 heterocycles. The monoisotopic (exact) mass is 193 g/mol. The summed E-state index contributed by atoms with van der Waals surface area (Å²) < 4.78 is 0. The predicted molar refractivity (Wildman–Crippen MR) is 61.4 cm³/mol. The van der Waals surface area contributed by atoms with Gasteiger partial charge in [0.05, 0.1) is 0 Å². The Bertz CT molecular complexity index is 225. The van der Waals surface area contributed by atoms with E-state index in [1.165, 1.54) is 51.6 Å². The molecule has 14 heavy (non-hydrogen) atoms. The highest BCUT2D eigenvalue weighted by Crippen LogP contribution is 2.51. The van der Waals surface area contributed by atoms with Crippen LogP contribution in [0.15, 0.2) is 11.6 Å². The molecule has 0 radical (unpaired) electrons. The summed E-state index contributed by atoms with van der Waals surface area (Å²) in [6.07, 6.45) is 11.0. The van der Waals surface area contributed by atoms with E-state index in [9.17, 15) is 0 Å². The van der Waals surface area contributed by atoms with Gasteiger partial charge in [-0.1, -0.05) is 31.4 Å². The average Bonchev–Trinajstić information content (AvgIpc) is 2.13. The molecule has 1 fully saturated rings. The molecule has 1 nitrogen and oxygen atoms in total. The van der Waals surface area contributed by atoms with E-state index in [1.807, 2.05) is 0 Å². The molecule has 0 saturated heterocycles. The Kier molecular flexibility index (Phi) is 2.96. The molecule has 0 bridgehead atoms. The number of rotatable bonds is 3. The normalized spacial score (nSPS) is 26.9. The molecule has 0 aromatic heterocycles. The standard InChI is InChI=1S/C13H23N/c1-3-7-13(8-4-9-13)12-5-10-14(2)11-6-12/h5H,3-4,6-11H2,1-2H3. The molecule has 0 amide bonds. The summed E-state index contributed by atoms with van der Waals surface area (Å²) in [6, 6.07) is 0.